The lowest BCUT2D eigenvalue weighted by molar-refractivity contribution is 0.0958. The van der Waals surface area contributed by atoms with Crippen molar-refractivity contribution in [2.45, 2.75) is 0 Å². The topological polar surface area (TPSA) is 68.0 Å². The number of anilines is 1. The van der Waals surface area contributed by atoms with Gasteiger partial charge in [0.25, 0.3) is 5.91 Å². The van der Waals surface area contributed by atoms with Crippen LogP contribution in [0, 0.1) is 0 Å². The Kier molecular flexibility index (Phi) is 5.43. The van der Waals surface area contributed by atoms with Crippen molar-refractivity contribution < 1.29 is 18.7 Å². The number of hydrogen-bond donors (Lipinski definition) is 0. The monoisotopic (exact) mass is 375 g/mol. The Labute approximate surface area is 155 Å². The van der Waals surface area contributed by atoms with E-state index in [0.717, 1.165) is 10.2 Å². The van der Waals surface area contributed by atoms with E-state index in [9.17, 15) is 4.79 Å². The van der Waals surface area contributed by atoms with Crippen LogP contribution in [0.15, 0.2) is 34.9 Å². The molecule has 0 bridgehead atoms. The molecule has 0 aliphatic carbocycles. The van der Waals surface area contributed by atoms with Crippen molar-refractivity contribution in [2.24, 2.45) is 0 Å². The summed E-state index contributed by atoms with van der Waals surface area (Å²) >= 11 is 1.43. The van der Waals surface area contributed by atoms with Gasteiger partial charge in [-0.2, -0.15) is 0 Å². The summed E-state index contributed by atoms with van der Waals surface area (Å²) < 4.78 is 16.9. The molecule has 0 spiro atoms. The van der Waals surface area contributed by atoms with E-state index in [2.05, 4.69) is 4.98 Å². The minimum atomic E-state index is -0.213. The summed E-state index contributed by atoms with van der Waals surface area (Å²) in [4.78, 5) is 21.2. The highest BCUT2D eigenvalue weighted by Gasteiger charge is 2.24. The van der Waals surface area contributed by atoms with E-state index in [1.54, 1.807) is 31.3 Å². The standard InChI is InChI=1S/C18H21N3O4S/c1-20(2)7-8-21(17(22)13-6-5-9-25-13)18-19-12-10-14(23-3)15(24-4)11-16(12)26-18/h5-6,9-11H,7-8H2,1-4H3. The van der Waals surface area contributed by atoms with Gasteiger partial charge in [-0.25, -0.2) is 4.98 Å². The van der Waals surface area contributed by atoms with Gasteiger partial charge in [-0.1, -0.05) is 11.3 Å². The molecule has 0 radical (unpaired) electrons. The van der Waals surface area contributed by atoms with Crippen LogP contribution < -0.4 is 14.4 Å². The summed E-state index contributed by atoms with van der Waals surface area (Å²) in [5.41, 5.74) is 0.754. The first-order valence-corrected chi connectivity index (χ1v) is 8.87. The molecule has 0 unspecified atom stereocenters. The Hall–Kier alpha value is -2.58. The van der Waals surface area contributed by atoms with Gasteiger partial charge in [0.05, 0.1) is 30.7 Å². The zero-order chi connectivity index (χ0) is 18.7. The Balaban J connectivity index is 2.01. The van der Waals surface area contributed by atoms with Crippen LogP contribution in [0.4, 0.5) is 5.13 Å². The summed E-state index contributed by atoms with van der Waals surface area (Å²) in [6.07, 6.45) is 1.49. The molecule has 3 rings (SSSR count). The fourth-order valence-electron chi connectivity index (χ4n) is 2.48. The number of aromatic nitrogens is 1. The number of carbonyl (C=O) groups is 1. The normalized spacial score (nSPS) is 11.1. The quantitative estimate of drug-likeness (QED) is 0.632. The van der Waals surface area contributed by atoms with Gasteiger partial charge in [-0.3, -0.25) is 9.69 Å². The average Bonchev–Trinajstić information content (AvgIpc) is 3.29. The fourth-order valence-corrected chi connectivity index (χ4v) is 3.48. The van der Waals surface area contributed by atoms with E-state index in [4.69, 9.17) is 13.9 Å². The number of thiazole rings is 1. The summed E-state index contributed by atoms with van der Waals surface area (Å²) in [5.74, 6) is 1.31. The molecule has 3 aromatic rings. The Bertz CT molecular complexity index is 848. The third-order valence-electron chi connectivity index (χ3n) is 3.86. The van der Waals surface area contributed by atoms with Crippen LogP contribution >= 0.6 is 11.3 Å². The van der Waals surface area contributed by atoms with Crippen molar-refractivity contribution in [3.8, 4) is 11.5 Å². The van der Waals surface area contributed by atoms with Crippen LogP contribution in [0.3, 0.4) is 0 Å². The molecule has 8 heteroatoms. The first-order chi connectivity index (χ1) is 12.5. The Morgan fingerprint density at radius 1 is 1.19 bits per heavy atom. The number of benzene rings is 1. The lowest BCUT2D eigenvalue weighted by Crippen LogP contribution is -2.36. The molecule has 0 atom stereocenters. The van der Waals surface area contributed by atoms with Crippen LogP contribution in [0.2, 0.25) is 0 Å². The number of methoxy groups -OCH3 is 2. The molecule has 2 aromatic heterocycles. The average molecular weight is 375 g/mol. The van der Waals surface area contributed by atoms with Crippen LogP contribution in [-0.4, -0.2) is 57.2 Å². The van der Waals surface area contributed by atoms with Crippen molar-refractivity contribution in [2.75, 3.05) is 46.3 Å². The highest BCUT2D eigenvalue weighted by Crippen LogP contribution is 2.37. The SMILES string of the molecule is COc1cc2nc(N(CCN(C)C)C(=O)c3ccco3)sc2cc1OC. The molecule has 2 heterocycles. The number of amides is 1. The molecule has 0 saturated carbocycles. The maximum absolute atomic E-state index is 12.9. The number of furan rings is 1. The van der Waals surface area contributed by atoms with E-state index in [1.807, 2.05) is 31.1 Å². The number of carbonyl (C=O) groups excluding carboxylic acids is 1. The summed E-state index contributed by atoms with van der Waals surface area (Å²) in [7, 11) is 7.10. The van der Waals surface area contributed by atoms with Crippen LogP contribution in [-0.2, 0) is 0 Å². The van der Waals surface area contributed by atoms with E-state index < -0.39 is 0 Å². The number of nitrogens with zero attached hydrogens (tertiary/aromatic N) is 3. The molecule has 138 valence electrons. The summed E-state index contributed by atoms with van der Waals surface area (Å²) in [6.45, 7) is 1.20. The van der Waals surface area contributed by atoms with Gasteiger partial charge in [0, 0.05) is 25.2 Å². The number of likely N-dealkylation sites (N-methyl/N-ethyl adjacent to an activating group) is 1. The van der Waals surface area contributed by atoms with E-state index in [0.29, 0.717) is 29.7 Å². The number of ether oxygens (including phenoxy) is 2. The molecular formula is C18H21N3O4S. The maximum Gasteiger partial charge on any atom is 0.295 e. The van der Waals surface area contributed by atoms with Crippen molar-refractivity contribution in [1.29, 1.82) is 0 Å². The van der Waals surface area contributed by atoms with Crippen molar-refractivity contribution in [3.05, 3.63) is 36.3 Å². The van der Waals surface area contributed by atoms with Gasteiger partial charge in [-0.05, 0) is 26.2 Å². The first kappa shape index (κ1) is 18.2. The van der Waals surface area contributed by atoms with Gasteiger partial charge in [-0.15, -0.1) is 0 Å². The minimum Gasteiger partial charge on any atom is -0.493 e. The zero-order valence-electron chi connectivity index (χ0n) is 15.2. The van der Waals surface area contributed by atoms with Crippen molar-refractivity contribution in [1.82, 2.24) is 9.88 Å². The first-order valence-electron chi connectivity index (χ1n) is 8.06. The lowest BCUT2D eigenvalue weighted by atomic mass is 10.3. The van der Waals surface area contributed by atoms with E-state index >= 15 is 0 Å². The smallest absolute Gasteiger partial charge is 0.295 e. The third kappa shape index (κ3) is 3.66. The molecule has 1 aromatic carbocycles. The van der Waals surface area contributed by atoms with Crippen molar-refractivity contribution in [3.63, 3.8) is 0 Å². The molecule has 0 aliphatic rings. The third-order valence-corrected chi connectivity index (χ3v) is 4.90. The second-order valence-corrected chi connectivity index (χ2v) is 6.92. The molecule has 0 saturated heterocycles. The molecule has 0 aliphatic heterocycles. The van der Waals surface area contributed by atoms with Crippen LogP contribution in [0.25, 0.3) is 10.2 Å². The molecule has 7 nitrogen and oxygen atoms in total. The minimum absolute atomic E-state index is 0.213. The molecular weight excluding hydrogens is 354 g/mol. The fraction of sp³-hybridized carbons (Fsp3) is 0.333. The molecule has 26 heavy (non-hydrogen) atoms. The highest BCUT2D eigenvalue weighted by atomic mass is 32.1. The predicted octanol–water partition coefficient (Wildman–Crippen LogP) is 3.11. The second-order valence-electron chi connectivity index (χ2n) is 5.91. The predicted molar refractivity (Wildman–Crippen MR) is 102 cm³/mol. The van der Waals surface area contributed by atoms with Crippen LogP contribution in [0.5, 0.6) is 11.5 Å². The van der Waals surface area contributed by atoms with Gasteiger partial charge >= 0.3 is 0 Å². The number of hydrogen-bond acceptors (Lipinski definition) is 7. The van der Waals surface area contributed by atoms with Gasteiger partial charge in [0.1, 0.15) is 0 Å². The lowest BCUT2D eigenvalue weighted by Gasteiger charge is -2.20. The molecule has 0 fully saturated rings. The van der Waals surface area contributed by atoms with Crippen molar-refractivity contribution >= 4 is 32.6 Å². The molecule has 0 N–H and O–H groups in total. The highest BCUT2D eigenvalue weighted by molar-refractivity contribution is 7.22. The maximum atomic E-state index is 12.9. The number of rotatable bonds is 7. The van der Waals surface area contributed by atoms with E-state index in [-0.39, 0.29) is 11.7 Å². The summed E-state index contributed by atoms with van der Waals surface area (Å²) in [5, 5.41) is 0.610. The largest absolute Gasteiger partial charge is 0.493 e. The van der Waals surface area contributed by atoms with Gasteiger partial charge in [0.2, 0.25) is 0 Å². The second kappa shape index (κ2) is 7.76. The van der Waals surface area contributed by atoms with Crippen LogP contribution in [0.1, 0.15) is 10.6 Å². The Morgan fingerprint density at radius 3 is 2.54 bits per heavy atom. The Morgan fingerprint density at radius 2 is 1.92 bits per heavy atom. The zero-order valence-corrected chi connectivity index (χ0v) is 16.0. The van der Waals surface area contributed by atoms with Gasteiger partial charge in [0.15, 0.2) is 22.4 Å². The number of fused-ring (bicyclic) bond motifs is 1. The molecule has 1 amide bonds. The van der Waals surface area contributed by atoms with Gasteiger partial charge < -0.3 is 18.8 Å². The summed E-state index contributed by atoms with van der Waals surface area (Å²) in [6, 6.07) is 7.04. The van der Waals surface area contributed by atoms with E-state index in [1.165, 1.54) is 17.6 Å².